The maximum absolute atomic E-state index is 8.96. The molecule has 0 aliphatic heterocycles. The van der Waals surface area contributed by atoms with Gasteiger partial charge < -0.3 is 5.11 Å². The molecule has 15 heavy (non-hydrogen) atoms. The molecule has 0 atom stereocenters. The summed E-state index contributed by atoms with van der Waals surface area (Å²) >= 11 is 1.75. The third-order valence-electron chi connectivity index (χ3n) is 2.53. The third kappa shape index (κ3) is 3.55. The molecule has 1 aromatic heterocycles. The lowest BCUT2D eigenvalue weighted by Crippen LogP contribution is -2.32. The zero-order valence-corrected chi connectivity index (χ0v) is 10.8. The molecule has 1 aromatic rings. The molecule has 0 saturated heterocycles. The van der Waals surface area contributed by atoms with Crippen LogP contribution in [0.2, 0.25) is 0 Å². The molecule has 0 aliphatic rings. The molecule has 0 spiro atoms. The van der Waals surface area contributed by atoms with Gasteiger partial charge in [0.2, 0.25) is 0 Å². The molecule has 0 aromatic carbocycles. The first-order valence-electron chi connectivity index (χ1n) is 5.32. The zero-order chi connectivity index (χ0) is 11.4. The summed E-state index contributed by atoms with van der Waals surface area (Å²) in [5, 5.41) is 10.1. The van der Waals surface area contributed by atoms with Crippen molar-refractivity contribution >= 4 is 11.3 Å². The fourth-order valence-electron chi connectivity index (χ4n) is 1.43. The summed E-state index contributed by atoms with van der Waals surface area (Å²) in [6.07, 6.45) is 0. The summed E-state index contributed by atoms with van der Waals surface area (Å²) in [6, 6.07) is 0.446. The van der Waals surface area contributed by atoms with Crippen molar-refractivity contribution in [1.29, 1.82) is 0 Å². The predicted molar refractivity (Wildman–Crippen MR) is 64.2 cm³/mol. The van der Waals surface area contributed by atoms with Gasteiger partial charge in [0, 0.05) is 17.5 Å². The number of aryl methyl sites for hydroxylation is 2. The molecule has 1 N–H and O–H groups in total. The van der Waals surface area contributed by atoms with Crippen LogP contribution in [-0.4, -0.2) is 34.2 Å². The van der Waals surface area contributed by atoms with Crippen molar-refractivity contribution in [3.63, 3.8) is 0 Å². The number of rotatable bonds is 5. The highest BCUT2D eigenvalue weighted by Gasteiger charge is 2.12. The van der Waals surface area contributed by atoms with Crippen LogP contribution in [0.15, 0.2) is 0 Å². The number of nitrogens with zero attached hydrogens (tertiary/aromatic N) is 2. The summed E-state index contributed by atoms with van der Waals surface area (Å²) < 4.78 is 0. The summed E-state index contributed by atoms with van der Waals surface area (Å²) in [6.45, 7) is 10.2. The van der Waals surface area contributed by atoms with Gasteiger partial charge in [0.1, 0.15) is 5.01 Å². The zero-order valence-electron chi connectivity index (χ0n) is 9.95. The molecule has 1 rings (SSSR count). The lowest BCUT2D eigenvalue weighted by Gasteiger charge is -2.24. The van der Waals surface area contributed by atoms with Crippen LogP contribution in [0.4, 0.5) is 0 Å². The number of thiazole rings is 1. The second kappa shape index (κ2) is 5.58. The van der Waals surface area contributed by atoms with E-state index in [4.69, 9.17) is 5.11 Å². The van der Waals surface area contributed by atoms with E-state index in [2.05, 4.69) is 30.7 Å². The maximum Gasteiger partial charge on any atom is 0.107 e. The molecule has 86 valence electrons. The van der Waals surface area contributed by atoms with Crippen molar-refractivity contribution in [3.8, 4) is 0 Å². The van der Waals surface area contributed by atoms with E-state index >= 15 is 0 Å². The van der Waals surface area contributed by atoms with Crippen molar-refractivity contribution in [3.05, 3.63) is 15.6 Å². The molecule has 0 radical (unpaired) electrons. The molecular weight excluding hydrogens is 208 g/mol. The molecule has 0 aliphatic carbocycles. The minimum absolute atomic E-state index is 0.210. The molecule has 0 unspecified atom stereocenters. The van der Waals surface area contributed by atoms with Crippen molar-refractivity contribution < 1.29 is 5.11 Å². The normalized spacial score (nSPS) is 11.7. The second-order valence-electron chi connectivity index (χ2n) is 4.04. The Morgan fingerprint density at radius 2 is 2.07 bits per heavy atom. The molecular formula is C11H20N2OS. The van der Waals surface area contributed by atoms with Gasteiger partial charge in [-0.2, -0.15) is 0 Å². The summed E-state index contributed by atoms with van der Waals surface area (Å²) in [7, 11) is 0. The quantitative estimate of drug-likeness (QED) is 0.837. The summed E-state index contributed by atoms with van der Waals surface area (Å²) in [4.78, 5) is 8.03. The molecule has 4 heteroatoms. The molecule has 1 heterocycles. The van der Waals surface area contributed by atoms with Crippen molar-refractivity contribution in [2.45, 2.75) is 40.3 Å². The molecule has 0 amide bonds. The van der Waals surface area contributed by atoms with Crippen LogP contribution in [-0.2, 0) is 6.54 Å². The van der Waals surface area contributed by atoms with Crippen LogP contribution < -0.4 is 0 Å². The van der Waals surface area contributed by atoms with Crippen molar-refractivity contribution in [2.24, 2.45) is 0 Å². The Balaban J connectivity index is 2.65. The van der Waals surface area contributed by atoms with Crippen LogP contribution in [0.25, 0.3) is 0 Å². The van der Waals surface area contributed by atoms with Gasteiger partial charge in [-0.3, -0.25) is 4.90 Å². The van der Waals surface area contributed by atoms with Gasteiger partial charge in [0.05, 0.1) is 18.8 Å². The average Bonchev–Trinajstić information content (AvgIpc) is 2.45. The Morgan fingerprint density at radius 3 is 2.47 bits per heavy atom. The van der Waals surface area contributed by atoms with Crippen LogP contribution in [0, 0.1) is 13.8 Å². The van der Waals surface area contributed by atoms with E-state index in [1.165, 1.54) is 4.88 Å². The van der Waals surface area contributed by atoms with E-state index in [1.54, 1.807) is 11.3 Å². The molecule has 0 fully saturated rings. The Bertz CT molecular complexity index is 290. The maximum atomic E-state index is 8.96. The Morgan fingerprint density at radius 1 is 1.40 bits per heavy atom. The lowest BCUT2D eigenvalue weighted by molar-refractivity contribution is 0.159. The Labute approximate surface area is 95.8 Å². The summed E-state index contributed by atoms with van der Waals surface area (Å²) in [5.74, 6) is 0. The molecule has 0 saturated carbocycles. The highest BCUT2D eigenvalue weighted by Crippen LogP contribution is 2.18. The summed E-state index contributed by atoms with van der Waals surface area (Å²) in [5.41, 5.74) is 1.13. The van der Waals surface area contributed by atoms with Crippen LogP contribution >= 0.6 is 11.3 Å². The van der Waals surface area contributed by atoms with Crippen molar-refractivity contribution in [1.82, 2.24) is 9.88 Å². The SMILES string of the molecule is Cc1nc(CN(CCO)C(C)C)sc1C. The van der Waals surface area contributed by atoms with Crippen molar-refractivity contribution in [2.75, 3.05) is 13.2 Å². The van der Waals surface area contributed by atoms with E-state index in [9.17, 15) is 0 Å². The van der Waals surface area contributed by atoms with Gasteiger partial charge in [-0.05, 0) is 27.7 Å². The highest BCUT2D eigenvalue weighted by molar-refractivity contribution is 7.11. The monoisotopic (exact) mass is 228 g/mol. The van der Waals surface area contributed by atoms with Gasteiger partial charge in [-0.1, -0.05) is 0 Å². The second-order valence-corrected chi connectivity index (χ2v) is 5.32. The van der Waals surface area contributed by atoms with E-state index in [0.717, 1.165) is 23.8 Å². The number of hydrogen-bond acceptors (Lipinski definition) is 4. The molecule has 3 nitrogen and oxygen atoms in total. The van der Waals surface area contributed by atoms with Gasteiger partial charge in [-0.25, -0.2) is 4.98 Å². The fourth-order valence-corrected chi connectivity index (χ4v) is 2.39. The van der Waals surface area contributed by atoms with E-state index in [1.807, 2.05) is 6.92 Å². The van der Waals surface area contributed by atoms with E-state index in [0.29, 0.717) is 6.04 Å². The van der Waals surface area contributed by atoms with E-state index in [-0.39, 0.29) is 6.61 Å². The minimum atomic E-state index is 0.210. The average molecular weight is 228 g/mol. The first-order valence-corrected chi connectivity index (χ1v) is 6.14. The number of hydrogen-bond donors (Lipinski definition) is 1. The first kappa shape index (κ1) is 12.6. The fraction of sp³-hybridized carbons (Fsp3) is 0.727. The van der Waals surface area contributed by atoms with Crippen LogP contribution in [0.3, 0.4) is 0 Å². The largest absolute Gasteiger partial charge is 0.395 e. The lowest BCUT2D eigenvalue weighted by atomic mass is 10.3. The standard InChI is InChI=1S/C11H20N2OS/c1-8(2)13(5-6-14)7-11-12-9(3)10(4)15-11/h8,14H,5-7H2,1-4H3. The van der Waals surface area contributed by atoms with Gasteiger partial charge in [0.15, 0.2) is 0 Å². The smallest absolute Gasteiger partial charge is 0.107 e. The van der Waals surface area contributed by atoms with Crippen LogP contribution in [0.5, 0.6) is 0 Å². The topological polar surface area (TPSA) is 36.4 Å². The number of aromatic nitrogens is 1. The third-order valence-corrected chi connectivity index (χ3v) is 3.59. The van der Waals surface area contributed by atoms with Gasteiger partial charge in [0.25, 0.3) is 0 Å². The number of aliphatic hydroxyl groups is 1. The highest BCUT2D eigenvalue weighted by atomic mass is 32.1. The van der Waals surface area contributed by atoms with Gasteiger partial charge in [-0.15, -0.1) is 11.3 Å². The first-order chi connectivity index (χ1) is 7.04. The Kier molecular flexibility index (Phi) is 4.70. The number of aliphatic hydroxyl groups excluding tert-OH is 1. The Hall–Kier alpha value is -0.450. The van der Waals surface area contributed by atoms with Crippen LogP contribution in [0.1, 0.15) is 29.4 Å². The minimum Gasteiger partial charge on any atom is -0.395 e. The predicted octanol–water partition coefficient (Wildman–Crippen LogP) is 1.96. The van der Waals surface area contributed by atoms with E-state index < -0.39 is 0 Å². The van der Waals surface area contributed by atoms with Gasteiger partial charge >= 0.3 is 0 Å². The molecule has 0 bridgehead atoms.